The summed E-state index contributed by atoms with van der Waals surface area (Å²) in [5.41, 5.74) is 2.22. The number of amides is 1. The highest BCUT2D eigenvalue weighted by Gasteiger charge is 2.48. The highest BCUT2D eigenvalue weighted by molar-refractivity contribution is 14.1. The monoisotopic (exact) mass is 619 g/mol. The van der Waals surface area contributed by atoms with Crippen LogP contribution in [0.15, 0.2) is 72.8 Å². The van der Waals surface area contributed by atoms with E-state index in [4.69, 9.17) is 4.74 Å². The second-order valence-corrected chi connectivity index (χ2v) is 10.5. The first-order chi connectivity index (χ1) is 18.0. The molecule has 1 amide bonds. The maximum absolute atomic E-state index is 13.5. The second-order valence-electron chi connectivity index (χ2n) is 9.40. The van der Waals surface area contributed by atoms with E-state index in [0.29, 0.717) is 30.7 Å². The van der Waals surface area contributed by atoms with Crippen LogP contribution in [-0.2, 0) is 4.79 Å². The molecule has 196 valence electrons. The third kappa shape index (κ3) is 7.08. The molecule has 1 N–H and O–H groups in total. The lowest BCUT2D eigenvalue weighted by atomic mass is 9.78. The Kier molecular flexibility index (Phi) is 9.91. The zero-order valence-corrected chi connectivity index (χ0v) is 22.8. The van der Waals surface area contributed by atoms with Gasteiger partial charge in [0.05, 0.1) is 24.7 Å². The Morgan fingerprint density at radius 3 is 2.14 bits per heavy atom. The minimum Gasteiger partial charge on any atom is -0.494 e. The first kappa shape index (κ1) is 27.5. The fourth-order valence-corrected chi connectivity index (χ4v) is 5.33. The number of anilines is 1. The van der Waals surface area contributed by atoms with Gasteiger partial charge in [-0.1, -0.05) is 59.7 Å². The summed E-state index contributed by atoms with van der Waals surface area (Å²) in [6.07, 6.45) is 4.68. The topological polar surface area (TPSA) is 49.8 Å². The Hall–Kier alpha value is -2.52. The van der Waals surface area contributed by atoms with Crippen LogP contribution in [0.3, 0.4) is 0 Å². The molecule has 0 bridgehead atoms. The summed E-state index contributed by atoms with van der Waals surface area (Å²) in [6.45, 7) is 0.675. The molecular weight excluding hydrogens is 587 g/mol. The lowest BCUT2D eigenvalue weighted by molar-refractivity contribution is -0.131. The van der Waals surface area contributed by atoms with Crippen molar-refractivity contribution in [2.45, 2.75) is 50.7 Å². The summed E-state index contributed by atoms with van der Waals surface area (Å²) >= 11 is 2.40. The zero-order chi connectivity index (χ0) is 26.2. The Bertz CT molecular complexity index is 1140. The van der Waals surface area contributed by atoms with E-state index < -0.39 is 6.10 Å². The number of alkyl halides is 1. The van der Waals surface area contributed by atoms with E-state index in [1.807, 2.05) is 24.3 Å². The van der Waals surface area contributed by atoms with Gasteiger partial charge >= 0.3 is 0 Å². The average Bonchev–Trinajstić information content (AvgIpc) is 2.91. The normalized spacial score (nSPS) is 17.9. The number of benzene rings is 3. The van der Waals surface area contributed by atoms with Crippen LogP contribution in [0.4, 0.5) is 14.5 Å². The standard InChI is InChI=1S/C30H32F2INO3/c31-23-9-5-21(6-10-23)28(35)18-17-27-29(34(30(27)36)25-13-11-24(32)12-14-25)22-7-15-26(16-8-22)37-20-4-2-1-3-19-33/h5-16,27-29,35H,1-4,17-20H2. The molecule has 4 rings (SSSR count). The van der Waals surface area contributed by atoms with Gasteiger partial charge in [-0.2, -0.15) is 0 Å². The van der Waals surface area contributed by atoms with E-state index in [-0.39, 0.29) is 29.5 Å². The third-order valence-electron chi connectivity index (χ3n) is 6.84. The molecule has 4 nitrogen and oxygen atoms in total. The lowest BCUT2D eigenvalue weighted by Gasteiger charge is -2.48. The molecule has 0 radical (unpaired) electrons. The van der Waals surface area contributed by atoms with Gasteiger partial charge in [-0.25, -0.2) is 8.78 Å². The number of unbranched alkanes of at least 4 members (excludes halogenated alkanes) is 3. The van der Waals surface area contributed by atoms with Gasteiger partial charge in [-0.15, -0.1) is 0 Å². The number of hydrogen-bond acceptors (Lipinski definition) is 3. The van der Waals surface area contributed by atoms with E-state index in [9.17, 15) is 18.7 Å². The van der Waals surface area contributed by atoms with Crippen LogP contribution in [0.5, 0.6) is 5.75 Å². The number of nitrogens with zero attached hydrogens (tertiary/aromatic N) is 1. The van der Waals surface area contributed by atoms with Gasteiger partial charge in [0.1, 0.15) is 17.4 Å². The summed E-state index contributed by atoms with van der Waals surface area (Å²) in [6, 6.07) is 19.3. The number of ether oxygens (including phenoxy) is 1. The van der Waals surface area contributed by atoms with Crippen LogP contribution in [0.2, 0.25) is 0 Å². The van der Waals surface area contributed by atoms with Gasteiger partial charge in [0.2, 0.25) is 5.91 Å². The van der Waals surface area contributed by atoms with Gasteiger partial charge in [0, 0.05) is 5.69 Å². The Balaban J connectivity index is 1.44. The van der Waals surface area contributed by atoms with Gasteiger partial charge in [-0.05, 0) is 89.8 Å². The van der Waals surface area contributed by atoms with Crippen LogP contribution in [0.25, 0.3) is 0 Å². The lowest BCUT2D eigenvalue weighted by Crippen LogP contribution is -2.55. The molecule has 1 saturated heterocycles. The van der Waals surface area contributed by atoms with Crippen molar-refractivity contribution >= 4 is 34.2 Å². The molecule has 3 aromatic rings. The highest BCUT2D eigenvalue weighted by atomic mass is 127. The molecular formula is C30H32F2INO3. The first-order valence-corrected chi connectivity index (χ1v) is 14.3. The van der Waals surface area contributed by atoms with Crippen molar-refractivity contribution in [1.29, 1.82) is 0 Å². The van der Waals surface area contributed by atoms with Gasteiger partial charge < -0.3 is 14.7 Å². The van der Waals surface area contributed by atoms with Crippen LogP contribution in [-0.4, -0.2) is 22.0 Å². The molecule has 1 aliphatic rings. The molecule has 37 heavy (non-hydrogen) atoms. The SMILES string of the molecule is O=C1C(CCC(O)c2ccc(F)cc2)C(c2ccc(OCCCCCCI)cc2)N1c1ccc(F)cc1. The quantitative estimate of drug-likeness (QED) is 0.0931. The van der Waals surface area contributed by atoms with Crippen molar-refractivity contribution in [2.24, 2.45) is 5.92 Å². The van der Waals surface area contributed by atoms with E-state index in [0.717, 1.165) is 24.2 Å². The van der Waals surface area contributed by atoms with Crippen molar-refractivity contribution in [3.8, 4) is 5.75 Å². The summed E-state index contributed by atoms with van der Waals surface area (Å²) in [4.78, 5) is 14.9. The second kappa shape index (κ2) is 13.3. The number of aliphatic hydroxyl groups is 1. The molecule has 3 unspecified atom stereocenters. The van der Waals surface area contributed by atoms with Crippen LogP contribution in [0.1, 0.15) is 61.8 Å². The van der Waals surface area contributed by atoms with E-state index in [1.54, 1.807) is 29.2 Å². The number of rotatable bonds is 13. The fourth-order valence-electron chi connectivity index (χ4n) is 4.79. The Labute approximate surface area is 230 Å². The van der Waals surface area contributed by atoms with Gasteiger partial charge in [0.25, 0.3) is 0 Å². The maximum Gasteiger partial charge on any atom is 0.233 e. The third-order valence-corrected chi connectivity index (χ3v) is 7.61. The van der Waals surface area contributed by atoms with Crippen LogP contribution in [0, 0.1) is 17.6 Å². The van der Waals surface area contributed by atoms with Crippen molar-refractivity contribution in [3.05, 3.63) is 95.6 Å². The van der Waals surface area contributed by atoms with E-state index in [2.05, 4.69) is 22.6 Å². The predicted octanol–water partition coefficient (Wildman–Crippen LogP) is 7.56. The van der Waals surface area contributed by atoms with Gasteiger partial charge in [-0.3, -0.25) is 4.79 Å². The smallest absolute Gasteiger partial charge is 0.233 e. The molecule has 1 fully saturated rings. The molecule has 7 heteroatoms. The van der Waals surface area contributed by atoms with Crippen LogP contribution >= 0.6 is 22.6 Å². The van der Waals surface area contributed by atoms with Crippen molar-refractivity contribution in [1.82, 2.24) is 0 Å². The van der Waals surface area contributed by atoms with Crippen molar-refractivity contribution < 1.29 is 23.4 Å². The number of halogens is 3. The van der Waals surface area contributed by atoms with Crippen molar-refractivity contribution in [3.63, 3.8) is 0 Å². The molecule has 0 saturated carbocycles. The molecule has 0 aliphatic carbocycles. The minimum absolute atomic E-state index is 0.0604. The summed E-state index contributed by atoms with van der Waals surface area (Å²) in [5, 5.41) is 10.6. The molecule has 0 aromatic heterocycles. The predicted molar refractivity (Wildman–Crippen MR) is 150 cm³/mol. The number of aliphatic hydroxyl groups excluding tert-OH is 1. The average molecular weight is 619 g/mol. The van der Waals surface area contributed by atoms with Gasteiger partial charge in [0.15, 0.2) is 0 Å². The molecule has 3 atom stereocenters. The summed E-state index contributed by atoms with van der Waals surface area (Å²) in [5.74, 6) is -0.314. The highest BCUT2D eigenvalue weighted by Crippen LogP contribution is 2.46. The number of carbonyl (C=O) groups excluding carboxylic acids is 1. The fraction of sp³-hybridized carbons (Fsp3) is 0.367. The largest absolute Gasteiger partial charge is 0.494 e. The number of carbonyl (C=O) groups is 1. The molecule has 1 aliphatic heterocycles. The first-order valence-electron chi connectivity index (χ1n) is 12.8. The number of β-lactam (4-membered cyclic amide) rings is 1. The Morgan fingerprint density at radius 2 is 1.49 bits per heavy atom. The van der Waals surface area contributed by atoms with Crippen LogP contribution < -0.4 is 9.64 Å². The molecule has 3 aromatic carbocycles. The number of hydrogen-bond donors (Lipinski definition) is 1. The molecule has 0 spiro atoms. The summed E-state index contributed by atoms with van der Waals surface area (Å²) in [7, 11) is 0. The summed E-state index contributed by atoms with van der Waals surface area (Å²) < 4.78 is 33.9. The van der Waals surface area contributed by atoms with E-state index >= 15 is 0 Å². The van der Waals surface area contributed by atoms with E-state index in [1.165, 1.54) is 41.5 Å². The van der Waals surface area contributed by atoms with Crippen molar-refractivity contribution in [2.75, 3.05) is 15.9 Å². The molecule has 1 heterocycles. The Morgan fingerprint density at radius 1 is 0.865 bits per heavy atom. The zero-order valence-electron chi connectivity index (χ0n) is 20.7. The maximum atomic E-state index is 13.5. The minimum atomic E-state index is -0.790.